The Balaban J connectivity index is 2.42. The monoisotopic (exact) mass is 368 g/mol. The molecule has 0 aromatic heterocycles. The fourth-order valence-electron chi connectivity index (χ4n) is 1.96. The summed E-state index contributed by atoms with van der Waals surface area (Å²) in [5, 5.41) is 0. The highest BCUT2D eigenvalue weighted by molar-refractivity contribution is 9.06. The number of aryl methyl sites for hydroxylation is 1. The number of hydrogen-bond acceptors (Lipinski definition) is 4. The van der Waals surface area contributed by atoms with E-state index < -0.39 is 15.8 Å². The van der Waals surface area contributed by atoms with E-state index in [-0.39, 0.29) is 16.2 Å². The third kappa shape index (κ3) is 3.71. The Hall–Kier alpha value is -1.66. The Morgan fingerprint density at radius 1 is 1.14 bits per heavy atom. The van der Waals surface area contributed by atoms with Gasteiger partial charge in [-0.1, -0.05) is 35.9 Å². The smallest absolute Gasteiger partial charge is 0.349 e. The van der Waals surface area contributed by atoms with Crippen LogP contribution in [0.4, 0.5) is 0 Å². The number of carbonyl (C=O) groups excluding carboxylic acids is 1. The average Bonchev–Trinajstić information content (AvgIpc) is 2.49. The first-order valence-electron chi connectivity index (χ1n) is 6.14. The second-order valence-corrected chi connectivity index (χ2v) is 6.91. The molecule has 21 heavy (non-hydrogen) atoms. The molecule has 0 N–H and O–H groups in total. The molecule has 2 aromatic carbocycles. The van der Waals surface area contributed by atoms with Gasteiger partial charge in [0.25, 0.3) is 0 Å². The maximum Gasteiger partial charge on any atom is 0.349 e. The van der Waals surface area contributed by atoms with Crippen LogP contribution in [0, 0.1) is 6.92 Å². The SMILES string of the molecule is Cc1ccc(CS(=O)(=O)c2ccccc2)c(C(=O)OBr)c1. The van der Waals surface area contributed by atoms with Crippen molar-refractivity contribution in [1.82, 2.24) is 0 Å². The molecule has 0 spiro atoms. The molecule has 2 rings (SSSR count). The van der Waals surface area contributed by atoms with Crippen molar-refractivity contribution in [3.63, 3.8) is 0 Å². The number of hydrogen-bond donors (Lipinski definition) is 0. The zero-order valence-electron chi connectivity index (χ0n) is 11.2. The third-order valence-corrected chi connectivity index (χ3v) is 4.98. The molecule has 110 valence electrons. The lowest BCUT2D eigenvalue weighted by molar-refractivity contribution is 0.0781. The predicted molar refractivity (Wildman–Crippen MR) is 82.9 cm³/mol. The Kier molecular flexibility index (Phi) is 4.80. The van der Waals surface area contributed by atoms with Crippen LogP contribution in [0.15, 0.2) is 53.4 Å². The minimum atomic E-state index is -3.51. The lowest BCUT2D eigenvalue weighted by Gasteiger charge is -2.09. The highest BCUT2D eigenvalue weighted by Crippen LogP contribution is 2.21. The number of sulfone groups is 1. The fourth-order valence-corrected chi connectivity index (χ4v) is 3.54. The molecule has 0 heterocycles. The van der Waals surface area contributed by atoms with Gasteiger partial charge < -0.3 is 3.83 Å². The average molecular weight is 369 g/mol. The van der Waals surface area contributed by atoms with Gasteiger partial charge in [0.1, 0.15) is 0 Å². The highest BCUT2D eigenvalue weighted by atomic mass is 79.9. The van der Waals surface area contributed by atoms with Crippen LogP contribution in [0.1, 0.15) is 21.5 Å². The first-order valence-corrected chi connectivity index (χ1v) is 8.44. The third-order valence-electron chi connectivity index (χ3n) is 3.00. The molecule has 4 nitrogen and oxygen atoms in total. The molecule has 2 aromatic rings. The van der Waals surface area contributed by atoms with Gasteiger partial charge in [0, 0.05) is 0 Å². The topological polar surface area (TPSA) is 60.4 Å². The molecule has 0 atom stereocenters. The van der Waals surface area contributed by atoms with Crippen LogP contribution in [0.2, 0.25) is 0 Å². The Morgan fingerprint density at radius 2 is 1.81 bits per heavy atom. The Bertz CT molecular complexity index is 754. The lowest BCUT2D eigenvalue weighted by Crippen LogP contribution is -2.10. The first-order chi connectivity index (χ1) is 9.94. The maximum absolute atomic E-state index is 12.4. The summed E-state index contributed by atoms with van der Waals surface area (Å²) >= 11 is 2.64. The quantitative estimate of drug-likeness (QED) is 0.829. The van der Waals surface area contributed by atoms with Gasteiger partial charge >= 0.3 is 5.97 Å². The van der Waals surface area contributed by atoms with E-state index in [1.54, 1.807) is 36.4 Å². The standard InChI is InChI=1S/C15H13BrO4S/c1-11-7-8-12(14(9-11)15(17)20-16)10-21(18,19)13-5-3-2-4-6-13/h2-9H,10H2,1H3. The molecule has 0 aliphatic rings. The van der Waals surface area contributed by atoms with E-state index >= 15 is 0 Å². The van der Waals surface area contributed by atoms with Crippen LogP contribution < -0.4 is 0 Å². The van der Waals surface area contributed by atoms with Gasteiger partial charge in [0.05, 0.1) is 16.2 Å². The van der Waals surface area contributed by atoms with Gasteiger partial charge in [-0.15, -0.1) is 0 Å². The minimum absolute atomic E-state index is 0.226. The van der Waals surface area contributed by atoms with Crippen LogP contribution in [-0.2, 0) is 19.4 Å². The van der Waals surface area contributed by atoms with Crippen LogP contribution in [0.5, 0.6) is 0 Å². The van der Waals surface area contributed by atoms with E-state index in [4.69, 9.17) is 0 Å². The summed E-state index contributed by atoms with van der Waals surface area (Å²) in [6.07, 6.45) is 0. The second-order valence-electron chi connectivity index (χ2n) is 4.60. The molecule has 0 amide bonds. The van der Waals surface area contributed by atoms with Gasteiger partial charge in [0.15, 0.2) is 26.1 Å². The summed E-state index contributed by atoms with van der Waals surface area (Å²) in [6.45, 7) is 1.82. The zero-order chi connectivity index (χ0) is 15.5. The number of benzene rings is 2. The summed E-state index contributed by atoms with van der Waals surface area (Å²) in [4.78, 5) is 12.0. The van der Waals surface area contributed by atoms with Gasteiger partial charge in [-0.3, -0.25) is 0 Å². The largest absolute Gasteiger partial charge is 0.380 e. The second kappa shape index (κ2) is 6.41. The van der Waals surface area contributed by atoms with Crippen LogP contribution in [-0.4, -0.2) is 14.4 Å². The first kappa shape index (κ1) is 15.7. The summed E-state index contributed by atoms with van der Waals surface area (Å²) in [5.74, 6) is -0.869. The van der Waals surface area contributed by atoms with Crippen molar-refractivity contribution < 1.29 is 17.0 Å². The van der Waals surface area contributed by atoms with E-state index in [1.807, 2.05) is 6.92 Å². The molecule has 0 unspecified atom stereocenters. The molecule has 0 bridgehead atoms. The van der Waals surface area contributed by atoms with Gasteiger partial charge in [-0.05, 0) is 30.7 Å². The van der Waals surface area contributed by atoms with Gasteiger partial charge in [0.2, 0.25) is 0 Å². The van der Waals surface area contributed by atoms with Crippen molar-refractivity contribution >= 4 is 32.1 Å². The van der Waals surface area contributed by atoms with E-state index in [2.05, 4.69) is 20.1 Å². The molecule has 0 aliphatic carbocycles. The molecular formula is C15H13BrO4S. The fraction of sp³-hybridized carbons (Fsp3) is 0.133. The van der Waals surface area contributed by atoms with E-state index in [0.717, 1.165) is 5.56 Å². The Morgan fingerprint density at radius 3 is 2.43 bits per heavy atom. The summed E-state index contributed by atoms with van der Waals surface area (Å²) in [7, 11) is -3.51. The van der Waals surface area contributed by atoms with Crippen LogP contribution in [0.25, 0.3) is 0 Å². The van der Waals surface area contributed by atoms with E-state index in [9.17, 15) is 13.2 Å². The zero-order valence-corrected chi connectivity index (χ0v) is 13.6. The van der Waals surface area contributed by atoms with Crippen LogP contribution >= 0.6 is 16.3 Å². The molecule has 0 radical (unpaired) electrons. The van der Waals surface area contributed by atoms with Gasteiger partial charge in [-0.25, -0.2) is 13.2 Å². The molecular weight excluding hydrogens is 356 g/mol. The maximum atomic E-state index is 12.4. The van der Waals surface area contributed by atoms with Crippen molar-refractivity contribution in [3.05, 3.63) is 65.2 Å². The van der Waals surface area contributed by atoms with E-state index in [0.29, 0.717) is 5.56 Å². The summed E-state index contributed by atoms with van der Waals surface area (Å²) < 4.78 is 29.3. The summed E-state index contributed by atoms with van der Waals surface area (Å²) in [6, 6.07) is 13.2. The minimum Gasteiger partial charge on any atom is -0.380 e. The summed E-state index contributed by atoms with van der Waals surface area (Å²) in [5.41, 5.74) is 1.50. The number of rotatable bonds is 4. The lowest BCUT2D eigenvalue weighted by atomic mass is 10.1. The molecule has 0 saturated carbocycles. The van der Waals surface area contributed by atoms with Crippen molar-refractivity contribution in [2.75, 3.05) is 0 Å². The Labute approximate surface area is 132 Å². The predicted octanol–water partition coefficient (Wildman–Crippen LogP) is 3.44. The van der Waals surface area contributed by atoms with Crippen molar-refractivity contribution in [2.24, 2.45) is 0 Å². The molecule has 0 fully saturated rings. The normalized spacial score (nSPS) is 11.1. The molecule has 6 heteroatoms. The molecule has 0 aliphatic heterocycles. The van der Waals surface area contributed by atoms with Gasteiger partial charge in [-0.2, -0.15) is 0 Å². The molecule has 0 saturated heterocycles. The van der Waals surface area contributed by atoms with E-state index in [1.165, 1.54) is 12.1 Å². The highest BCUT2D eigenvalue weighted by Gasteiger charge is 2.20. The van der Waals surface area contributed by atoms with Crippen molar-refractivity contribution in [2.45, 2.75) is 17.6 Å². The number of carbonyl (C=O) groups is 1. The van der Waals surface area contributed by atoms with Crippen LogP contribution in [0.3, 0.4) is 0 Å². The number of halogens is 1. The van der Waals surface area contributed by atoms with Crippen molar-refractivity contribution in [1.29, 1.82) is 0 Å². The van der Waals surface area contributed by atoms with Crippen molar-refractivity contribution in [3.8, 4) is 0 Å².